The third-order valence-electron chi connectivity index (χ3n) is 3.13. The van der Waals surface area contributed by atoms with Crippen molar-refractivity contribution >= 4 is 5.97 Å². The molecular formula is C12H14FNO2. The van der Waals surface area contributed by atoms with Crippen LogP contribution in [0.2, 0.25) is 0 Å². The molecule has 2 rings (SSSR count). The number of halogens is 1. The van der Waals surface area contributed by atoms with Gasteiger partial charge in [0.2, 0.25) is 0 Å². The van der Waals surface area contributed by atoms with E-state index >= 15 is 0 Å². The fraction of sp³-hybridized carbons (Fsp3) is 0.417. The van der Waals surface area contributed by atoms with Crippen molar-refractivity contribution in [2.24, 2.45) is 5.92 Å². The zero-order valence-electron chi connectivity index (χ0n) is 9.06. The van der Waals surface area contributed by atoms with Gasteiger partial charge < -0.3 is 5.11 Å². The van der Waals surface area contributed by atoms with Crippen molar-refractivity contribution in [2.75, 3.05) is 13.6 Å². The molecule has 16 heavy (non-hydrogen) atoms. The number of carboxylic acids is 1. The van der Waals surface area contributed by atoms with Crippen LogP contribution in [0, 0.1) is 11.7 Å². The highest BCUT2D eigenvalue weighted by molar-refractivity contribution is 5.70. The highest BCUT2D eigenvalue weighted by atomic mass is 19.1. The molecule has 0 radical (unpaired) electrons. The van der Waals surface area contributed by atoms with E-state index in [1.165, 1.54) is 12.1 Å². The standard InChI is InChI=1S/C12H14FNO2/c1-14-7-9(12(15)16)6-11(14)8-3-2-4-10(13)5-8/h2-5,9,11H,6-7H2,1H3,(H,15,16)/t9-,11+/m0/s1. The van der Waals surface area contributed by atoms with Crippen LogP contribution >= 0.6 is 0 Å². The molecule has 1 aromatic carbocycles. The summed E-state index contributed by atoms with van der Waals surface area (Å²) in [6.45, 7) is 0.524. The van der Waals surface area contributed by atoms with Crippen LogP contribution in [-0.2, 0) is 4.79 Å². The largest absolute Gasteiger partial charge is 0.481 e. The van der Waals surface area contributed by atoms with Crippen molar-refractivity contribution < 1.29 is 14.3 Å². The molecule has 1 fully saturated rings. The number of rotatable bonds is 2. The highest BCUT2D eigenvalue weighted by Gasteiger charge is 2.34. The lowest BCUT2D eigenvalue weighted by atomic mass is 10.00. The molecule has 1 aliphatic rings. The Balaban J connectivity index is 2.19. The van der Waals surface area contributed by atoms with Crippen LogP contribution in [0.4, 0.5) is 4.39 Å². The molecule has 1 aliphatic heterocycles. The lowest BCUT2D eigenvalue weighted by Gasteiger charge is -2.19. The summed E-state index contributed by atoms with van der Waals surface area (Å²) in [5.74, 6) is -1.39. The number of hydrogen-bond donors (Lipinski definition) is 1. The van der Waals surface area contributed by atoms with Gasteiger partial charge in [0.05, 0.1) is 5.92 Å². The summed E-state index contributed by atoms with van der Waals surface area (Å²) >= 11 is 0. The molecule has 0 aliphatic carbocycles. The number of carbonyl (C=O) groups is 1. The minimum atomic E-state index is -0.772. The summed E-state index contributed by atoms with van der Waals surface area (Å²) < 4.78 is 13.1. The first-order valence-corrected chi connectivity index (χ1v) is 5.26. The third kappa shape index (κ3) is 2.07. The van der Waals surface area contributed by atoms with E-state index in [1.54, 1.807) is 6.07 Å². The van der Waals surface area contributed by atoms with Crippen molar-refractivity contribution in [3.63, 3.8) is 0 Å². The molecule has 0 unspecified atom stereocenters. The van der Waals surface area contributed by atoms with Crippen molar-refractivity contribution in [1.29, 1.82) is 0 Å². The second-order valence-electron chi connectivity index (χ2n) is 4.28. The quantitative estimate of drug-likeness (QED) is 0.832. The van der Waals surface area contributed by atoms with Crippen LogP contribution in [0.1, 0.15) is 18.0 Å². The predicted octanol–water partition coefficient (Wildman–Crippen LogP) is 1.90. The topological polar surface area (TPSA) is 40.5 Å². The summed E-state index contributed by atoms with van der Waals surface area (Å²) in [6.07, 6.45) is 0.551. The summed E-state index contributed by atoms with van der Waals surface area (Å²) in [5.41, 5.74) is 0.853. The zero-order valence-corrected chi connectivity index (χ0v) is 9.06. The van der Waals surface area contributed by atoms with E-state index in [-0.39, 0.29) is 17.8 Å². The number of aliphatic carboxylic acids is 1. The molecule has 86 valence electrons. The molecule has 1 aromatic rings. The van der Waals surface area contributed by atoms with Crippen LogP contribution in [0.15, 0.2) is 24.3 Å². The monoisotopic (exact) mass is 223 g/mol. The van der Waals surface area contributed by atoms with Gasteiger partial charge in [0.1, 0.15) is 5.82 Å². The van der Waals surface area contributed by atoms with E-state index in [0.717, 1.165) is 5.56 Å². The van der Waals surface area contributed by atoms with Gasteiger partial charge in [0, 0.05) is 12.6 Å². The van der Waals surface area contributed by atoms with E-state index < -0.39 is 5.97 Å². The Morgan fingerprint density at radius 1 is 1.56 bits per heavy atom. The van der Waals surface area contributed by atoms with E-state index in [4.69, 9.17) is 5.11 Å². The number of hydrogen-bond acceptors (Lipinski definition) is 2. The summed E-state index contributed by atoms with van der Waals surface area (Å²) in [7, 11) is 1.87. The lowest BCUT2D eigenvalue weighted by molar-refractivity contribution is -0.141. The Hall–Kier alpha value is -1.42. The van der Waals surface area contributed by atoms with Gasteiger partial charge >= 0.3 is 5.97 Å². The fourth-order valence-electron chi connectivity index (χ4n) is 2.28. The molecule has 0 amide bonds. The molecular weight excluding hydrogens is 209 g/mol. The molecule has 1 heterocycles. The van der Waals surface area contributed by atoms with E-state index in [0.29, 0.717) is 13.0 Å². The van der Waals surface area contributed by atoms with Gasteiger partial charge in [-0.1, -0.05) is 12.1 Å². The summed E-state index contributed by atoms with van der Waals surface area (Å²) in [4.78, 5) is 12.9. The molecule has 0 bridgehead atoms. The van der Waals surface area contributed by atoms with E-state index in [2.05, 4.69) is 0 Å². The maximum atomic E-state index is 13.1. The Morgan fingerprint density at radius 2 is 2.31 bits per heavy atom. The third-order valence-corrected chi connectivity index (χ3v) is 3.13. The van der Waals surface area contributed by atoms with Gasteiger partial charge in [-0.05, 0) is 31.2 Å². The maximum absolute atomic E-state index is 13.1. The Morgan fingerprint density at radius 3 is 2.88 bits per heavy atom. The first kappa shape index (κ1) is 11.1. The molecule has 1 N–H and O–H groups in total. The molecule has 2 atom stereocenters. The summed E-state index contributed by atoms with van der Waals surface area (Å²) in [5, 5.41) is 8.95. The van der Waals surface area contributed by atoms with E-state index in [9.17, 15) is 9.18 Å². The van der Waals surface area contributed by atoms with E-state index in [1.807, 2.05) is 18.0 Å². The highest BCUT2D eigenvalue weighted by Crippen LogP contribution is 2.34. The molecule has 4 heteroatoms. The van der Waals surface area contributed by atoms with Crippen LogP contribution in [0.25, 0.3) is 0 Å². The first-order valence-electron chi connectivity index (χ1n) is 5.26. The second-order valence-corrected chi connectivity index (χ2v) is 4.28. The minimum Gasteiger partial charge on any atom is -0.481 e. The van der Waals surface area contributed by atoms with Crippen LogP contribution in [0.5, 0.6) is 0 Å². The Bertz CT molecular complexity index is 408. The van der Waals surface area contributed by atoms with Crippen molar-refractivity contribution in [3.8, 4) is 0 Å². The Kier molecular flexibility index (Phi) is 2.92. The molecule has 0 aromatic heterocycles. The molecule has 3 nitrogen and oxygen atoms in total. The fourth-order valence-corrected chi connectivity index (χ4v) is 2.28. The average molecular weight is 223 g/mol. The first-order chi connectivity index (χ1) is 7.58. The predicted molar refractivity (Wildman–Crippen MR) is 57.5 cm³/mol. The summed E-state index contributed by atoms with van der Waals surface area (Å²) in [6, 6.07) is 6.39. The number of likely N-dealkylation sites (tertiary alicyclic amines) is 1. The lowest BCUT2D eigenvalue weighted by Crippen LogP contribution is -2.20. The number of carboxylic acid groups (broad SMARTS) is 1. The van der Waals surface area contributed by atoms with Crippen molar-refractivity contribution in [3.05, 3.63) is 35.6 Å². The molecule has 1 saturated heterocycles. The number of benzene rings is 1. The molecule has 0 spiro atoms. The molecule has 0 saturated carbocycles. The maximum Gasteiger partial charge on any atom is 0.307 e. The van der Waals surface area contributed by atoms with Gasteiger partial charge in [-0.15, -0.1) is 0 Å². The second kappa shape index (κ2) is 4.22. The van der Waals surface area contributed by atoms with Crippen LogP contribution < -0.4 is 0 Å². The van der Waals surface area contributed by atoms with Gasteiger partial charge in [-0.2, -0.15) is 0 Å². The van der Waals surface area contributed by atoms with Gasteiger partial charge in [0.15, 0.2) is 0 Å². The smallest absolute Gasteiger partial charge is 0.307 e. The number of nitrogens with zero attached hydrogens (tertiary/aromatic N) is 1. The zero-order chi connectivity index (χ0) is 11.7. The van der Waals surface area contributed by atoms with Gasteiger partial charge in [-0.25, -0.2) is 4.39 Å². The average Bonchev–Trinajstić information content (AvgIpc) is 2.60. The SMILES string of the molecule is CN1C[C@@H](C(=O)O)C[C@@H]1c1cccc(F)c1. The Labute approximate surface area is 93.5 Å². The minimum absolute atomic E-state index is 0.0109. The van der Waals surface area contributed by atoms with Gasteiger partial charge in [-0.3, -0.25) is 9.69 Å². The van der Waals surface area contributed by atoms with Gasteiger partial charge in [0.25, 0.3) is 0 Å². The van der Waals surface area contributed by atoms with Crippen molar-refractivity contribution in [1.82, 2.24) is 4.90 Å². The normalized spacial score (nSPS) is 25.9. The van der Waals surface area contributed by atoms with Crippen molar-refractivity contribution in [2.45, 2.75) is 12.5 Å². The van der Waals surface area contributed by atoms with Crippen LogP contribution in [0.3, 0.4) is 0 Å². The van der Waals surface area contributed by atoms with Crippen LogP contribution in [-0.4, -0.2) is 29.6 Å².